The SMILES string of the molecule is CC(=O)N1CCC(C(=O)NC(C)C)C1. The summed E-state index contributed by atoms with van der Waals surface area (Å²) in [6, 6.07) is 0.175. The number of carbonyl (C=O) groups excluding carboxylic acids is 2. The molecule has 0 bridgehead atoms. The van der Waals surface area contributed by atoms with Gasteiger partial charge in [0, 0.05) is 26.1 Å². The summed E-state index contributed by atoms with van der Waals surface area (Å²) in [4.78, 5) is 24.3. The summed E-state index contributed by atoms with van der Waals surface area (Å²) in [6.07, 6.45) is 0.790. The highest BCUT2D eigenvalue weighted by Gasteiger charge is 2.29. The lowest BCUT2D eigenvalue weighted by Crippen LogP contribution is -2.37. The van der Waals surface area contributed by atoms with Crippen molar-refractivity contribution >= 4 is 11.8 Å². The molecule has 0 aromatic heterocycles. The highest BCUT2D eigenvalue weighted by Crippen LogP contribution is 2.16. The molecule has 1 fully saturated rings. The normalized spacial score (nSPS) is 21.4. The maximum absolute atomic E-state index is 11.6. The summed E-state index contributed by atoms with van der Waals surface area (Å²) >= 11 is 0. The summed E-state index contributed by atoms with van der Waals surface area (Å²) in [5.74, 6) is 0.120. The molecule has 80 valence electrons. The monoisotopic (exact) mass is 198 g/mol. The van der Waals surface area contributed by atoms with Crippen LogP contribution in [0.2, 0.25) is 0 Å². The Morgan fingerprint density at radius 3 is 2.50 bits per heavy atom. The van der Waals surface area contributed by atoms with Crippen molar-refractivity contribution in [3.63, 3.8) is 0 Å². The van der Waals surface area contributed by atoms with Crippen LogP contribution in [-0.4, -0.2) is 35.8 Å². The van der Waals surface area contributed by atoms with Gasteiger partial charge in [0.25, 0.3) is 0 Å². The zero-order valence-corrected chi connectivity index (χ0v) is 9.04. The van der Waals surface area contributed by atoms with Gasteiger partial charge in [0.2, 0.25) is 11.8 Å². The molecule has 1 atom stereocenters. The number of nitrogens with one attached hydrogen (secondary N) is 1. The smallest absolute Gasteiger partial charge is 0.225 e. The summed E-state index contributed by atoms with van der Waals surface area (Å²) in [5.41, 5.74) is 0. The maximum Gasteiger partial charge on any atom is 0.225 e. The Balaban J connectivity index is 2.42. The lowest BCUT2D eigenvalue weighted by Gasteiger charge is -2.15. The van der Waals surface area contributed by atoms with Gasteiger partial charge in [-0.3, -0.25) is 9.59 Å². The minimum absolute atomic E-state index is 0.0127. The van der Waals surface area contributed by atoms with E-state index in [9.17, 15) is 9.59 Å². The van der Waals surface area contributed by atoms with Crippen molar-refractivity contribution < 1.29 is 9.59 Å². The van der Waals surface area contributed by atoms with Crippen LogP contribution in [0, 0.1) is 5.92 Å². The van der Waals surface area contributed by atoms with Crippen LogP contribution in [0.15, 0.2) is 0 Å². The Kier molecular flexibility index (Phi) is 3.49. The van der Waals surface area contributed by atoms with Crippen molar-refractivity contribution in [3.8, 4) is 0 Å². The fourth-order valence-electron chi connectivity index (χ4n) is 1.66. The highest BCUT2D eigenvalue weighted by molar-refractivity contribution is 5.81. The number of hydrogen-bond acceptors (Lipinski definition) is 2. The van der Waals surface area contributed by atoms with E-state index in [2.05, 4.69) is 5.32 Å². The van der Waals surface area contributed by atoms with Crippen LogP contribution in [0.1, 0.15) is 27.2 Å². The van der Waals surface area contributed by atoms with E-state index < -0.39 is 0 Å². The molecule has 0 aliphatic carbocycles. The molecule has 1 aliphatic rings. The van der Waals surface area contributed by atoms with Gasteiger partial charge in [-0.2, -0.15) is 0 Å². The molecular weight excluding hydrogens is 180 g/mol. The van der Waals surface area contributed by atoms with Crippen molar-refractivity contribution in [1.82, 2.24) is 10.2 Å². The fraction of sp³-hybridized carbons (Fsp3) is 0.800. The van der Waals surface area contributed by atoms with Crippen LogP contribution in [0.4, 0.5) is 0 Å². The molecule has 0 aromatic rings. The second kappa shape index (κ2) is 4.44. The maximum atomic E-state index is 11.6. The Morgan fingerprint density at radius 1 is 1.43 bits per heavy atom. The van der Waals surface area contributed by atoms with Crippen molar-refractivity contribution in [1.29, 1.82) is 0 Å². The van der Waals surface area contributed by atoms with Gasteiger partial charge in [-0.05, 0) is 20.3 Å². The minimum Gasteiger partial charge on any atom is -0.354 e. The lowest BCUT2D eigenvalue weighted by atomic mass is 10.1. The Labute approximate surface area is 84.7 Å². The lowest BCUT2D eigenvalue weighted by molar-refractivity contribution is -0.128. The summed E-state index contributed by atoms with van der Waals surface area (Å²) in [6.45, 7) is 6.72. The van der Waals surface area contributed by atoms with E-state index >= 15 is 0 Å². The number of rotatable bonds is 2. The van der Waals surface area contributed by atoms with Crippen molar-refractivity contribution in [2.75, 3.05) is 13.1 Å². The number of amides is 2. The van der Waals surface area contributed by atoms with Crippen molar-refractivity contribution in [2.24, 2.45) is 5.92 Å². The van der Waals surface area contributed by atoms with Crippen LogP contribution in [0.25, 0.3) is 0 Å². The van der Waals surface area contributed by atoms with Gasteiger partial charge in [-0.15, -0.1) is 0 Å². The van der Waals surface area contributed by atoms with Crippen LogP contribution in [0.5, 0.6) is 0 Å². The first-order chi connectivity index (χ1) is 6.50. The molecule has 4 nitrogen and oxygen atoms in total. The van der Waals surface area contributed by atoms with Gasteiger partial charge in [-0.25, -0.2) is 0 Å². The first kappa shape index (κ1) is 11.0. The zero-order chi connectivity index (χ0) is 10.7. The molecular formula is C10H18N2O2. The Morgan fingerprint density at radius 2 is 2.07 bits per heavy atom. The molecule has 0 aromatic carbocycles. The molecule has 1 unspecified atom stereocenters. The molecule has 1 rings (SSSR count). The van der Waals surface area contributed by atoms with Crippen LogP contribution in [0.3, 0.4) is 0 Å². The largest absolute Gasteiger partial charge is 0.354 e. The molecule has 0 radical (unpaired) electrons. The highest BCUT2D eigenvalue weighted by atomic mass is 16.2. The van der Waals surface area contributed by atoms with Gasteiger partial charge in [0.1, 0.15) is 0 Å². The Hall–Kier alpha value is -1.06. The third-order valence-electron chi connectivity index (χ3n) is 2.44. The molecule has 0 spiro atoms. The third kappa shape index (κ3) is 2.72. The van der Waals surface area contributed by atoms with E-state index in [1.165, 1.54) is 0 Å². The molecule has 4 heteroatoms. The van der Waals surface area contributed by atoms with E-state index in [0.29, 0.717) is 13.1 Å². The molecule has 2 amide bonds. The van der Waals surface area contributed by atoms with Gasteiger partial charge in [0.05, 0.1) is 5.92 Å². The van der Waals surface area contributed by atoms with E-state index in [1.54, 1.807) is 11.8 Å². The molecule has 0 saturated carbocycles. The number of nitrogens with zero attached hydrogens (tertiary/aromatic N) is 1. The molecule has 1 N–H and O–H groups in total. The molecule has 1 saturated heterocycles. The summed E-state index contributed by atoms with van der Waals surface area (Å²) in [5, 5.41) is 2.87. The van der Waals surface area contributed by atoms with Crippen LogP contribution >= 0.6 is 0 Å². The first-order valence-electron chi connectivity index (χ1n) is 5.06. The second-order valence-corrected chi connectivity index (χ2v) is 4.11. The number of carbonyl (C=O) groups is 2. The molecule has 14 heavy (non-hydrogen) atoms. The predicted octanol–water partition coefficient (Wildman–Crippen LogP) is 0.379. The molecule has 1 heterocycles. The topological polar surface area (TPSA) is 49.4 Å². The van der Waals surface area contributed by atoms with Gasteiger partial charge in [0.15, 0.2) is 0 Å². The van der Waals surface area contributed by atoms with Crippen molar-refractivity contribution in [2.45, 2.75) is 33.2 Å². The fourth-order valence-corrected chi connectivity index (χ4v) is 1.66. The number of likely N-dealkylation sites (tertiary alicyclic amines) is 1. The van der Waals surface area contributed by atoms with Gasteiger partial charge in [-0.1, -0.05) is 0 Å². The van der Waals surface area contributed by atoms with Crippen LogP contribution < -0.4 is 5.32 Å². The summed E-state index contributed by atoms with van der Waals surface area (Å²) < 4.78 is 0. The average molecular weight is 198 g/mol. The Bertz CT molecular complexity index is 238. The molecule has 1 aliphatic heterocycles. The van der Waals surface area contributed by atoms with Gasteiger partial charge >= 0.3 is 0 Å². The van der Waals surface area contributed by atoms with E-state index in [4.69, 9.17) is 0 Å². The third-order valence-corrected chi connectivity index (χ3v) is 2.44. The average Bonchev–Trinajstić information content (AvgIpc) is 2.50. The minimum atomic E-state index is -0.0127. The van der Waals surface area contributed by atoms with E-state index in [0.717, 1.165) is 6.42 Å². The van der Waals surface area contributed by atoms with Gasteiger partial charge < -0.3 is 10.2 Å². The quantitative estimate of drug-likeness (QED) is 0.697. The van der Waals surface area contributed by atoms with E-state index in [-0.39, 0.29) is 23.8 Å². The number of hydrogen-bond donors (Lipinski definition) is 1. The standard InChI is InChI=1S/C10H18N2O2/c1-7(2)11-10(14)9-4-5-12(6-9)8(3)13/h7,9H,4-6H2,1-3H3,(H,11,14). The summed E-state index contributed by atoms with van der Waals surface area (Å²) in [7, 11) is 0. The zero-order valence-electron chi connectivity index (χ0n) is 9.04. The predicted molar refractivity (Wildman–Crippen MR) is 53.6 cm³/mol. The van der Waals surface area contributed by atoms with Crippen molar-refractivity contribution in [3.05, 3.63) is 0 Å². The first-order valence-corrected chi connectivity index (χ1v) is 5.06. The van der Waals surface area contributed by atoms with E-state index in [1.807, 2.05) is 13.8 Å². The van der Waals surface area contributed by atoms with Crippen LogP contribution in [-0.2, 0) is 9.59 Å². The second-order valence-electron chi connectivity index (χ2n) is 4.11.